The fourth-order valence-corrected chi connectivity index (χ4v) is 1.98. The highest BCUT2D eigenvalue weighted by atomic mass is 19.1. The van der Waals surface area contributed by atoms with Crippen molar-refractivity contribution in [2.24, 2.45) is 0 Å². The van der Waals surface area contributed by atoms with Crippen LogP contribution in [0.3, 0.4) is 0 Å². The number of halogens is 1. The lowest BCUT2D eigenvalue weighted by Gasteiger charge is -2.11. The lowest BCUT2D eigenvalue weighted by Crippen LogP contribution is -2.33. The van der Waals surface area contributed by atoms with Gasteiger partial charge in [0.05, 0.1) is 12.1 Å². The first-order valence-corrected chi connectivity index (χ1v) is 6.88. The standard InChI is InChI=1S/C17H17FN2O2/c1-11-6-5-9-15(12(11)2)20-16(21)10-19-17(22)13-7-3-4-8-14(13)18/h3-9H,10H2,1-2H3,(H,19,22)(H,20,21). The van der Waals surface area contributed by atoms with Gasteiger partial charge in [-0.15, -0.1) is 0 Å². The Hall–Kier alpha value is -2.69. The molecule has 2 rings (SSSR count). The van der Waals surface area contributed by atoms with Crippen LogP contribution < -0.4 is 10.6 Å². The number of carbonyl (C=O) groups is 2. The second kappa shape index (κ2) is 6.85. The van der Waals surface area contributed by atoms with Gasteiger partial charge in [-0.3, -0.25) is 9.59 Å². The maximum atomic E-state index is 13.4. The fraction of sp³-hybridized carbons (Fsp3) is 0.176. The largest absolute Gasteiger partial charge is 0.343 e. The van der Waals surface area contributed by atoms with Crippen molar-refractivity contribution >= 4 is 17.5 Å². The van der Waals surface area contributed by atoms with Crippen LogP contribution in [-0.4, -0.2) is 18.4 Å². The van der Waals surface area contributed by atoms with Gasteiger partial charge in [0.2, 0.25) is 5.91 Å². The van der Waals surface area contributed by atoms with E-state index in [-0.39, 0.29) is 18.0 Å². The van der Waals surface area contributed by atoms with Gasteiger partial charge in [-0.2, -0.15) is 0 Å². The molecule has 114 valence electrons. The number of hydrogen-bond acceptors (Lipinski definition) is 2. The van der Waals surface area contributed by atoms with Crippen molar-refractivity contribution in [3.8, 4) is 0 Å². The predicted octanol–water partition coefficient (Wildman–Crippen LogP) is 2.81. The summed E-state index contributed by atoms with van der Waals surface area (Å²) in [7, 11) is 0. The van der Waals surface area contributed by atoms with Crippen molar-refractivity contribution in [2.75, 3.05) is 11.9 Å². The first-order chi connectivity index (χ1) is 10.5. The zero-order valence-electron chi connectivity index (χ0n) is 12.4. The van der Waals surface area contributed by atoms with E-state index in [4.69, 9.17) is 0 Å². The molecule has 0 atom stereocenters. The summed E-state index contributed by atoms with van der Waals surface area (Å²) < 4.78 is 13.4. The third-order valence-electron chi connectivity index (χ3n) is 3.41. The first kappa shape index (κ1) is 15.7. The average Bonchev–Trinajstić information content (AvgIpc) is 2.50. The summed E-state index contributed by atoms with van der Waals surface area (Å²) in [6.45, 7) is 3.63. The van der Waals surface area contributed by atoms with Gasteiger partial charge in [0, 0.05) is 5.69 Å². The second-order valence-corrected chi connectivity index (χ2v) is 4.96. The molecule has 0 radical (unpaired) electrons. The molecule has 2 aromatic carbocycles. The van der Waals surface area contributed by atoms with Crippen LogP contribution in [0.5, 0.6) is 0 Å². The molecule has 0 heterocycles. The molecule has 0 saturated heterocycles. The molecule has 2 N–H and O–H groups in total. The molecule has 4 nitrogen and oxygen atoms in total. The number of carbonyl (C=O) groups excluding carboxylic acids is 2. The van der Waals surface area contributed by atoms with Crippen molar-refractivity contribution in [1.82, 2.24) is 5.32 Å². The van der Waals surface area contributed by atoms with Crippen LogP contribution in [0.4, 0.5) is 10.1 Å². The smallest absolute Gasteiger partial charge is 0.254 e. The van der Waals surface area contributed by atoms with Crippen LogP contribution in [0.25, 0.3) is 0 Å². The fourth-order valence-electron chi connectivity index (χ4n) is 1.98. The summed E-state index contributed by atoms with van der Waals surface area (Å²) in [6.07, 6.45) is 0. The van der Waals surface area contributed by atoms with Crippen LogP contribution in [-0.2, 0) is 4.79 Å². The summed E-state index contributed by atoms with van der Waals surface area (Å²) in [5.41, 5.74) is 2.65. The highest BCUT2D eigenvalue weighted by Gasteiger charge is 2.12. The average molecular weight is 300 g/mol. The van der Waals surface area contributed by atoms with Crippen molar-refractivity contribution < 1.29 is 14.0 Å². The van der Waals surface area contributed by atoms with E-state index in [1.165, 1.54) is 18.2 Å². The lowest BCUT2D eigenvalue weighted by atomic mass is 10.1. The van der Waals surface area contributed by atoms with Crippen molar-refractivity contribution in [3.63, 3.8) is 0 Å². The van der Waals surface area contributed by atoms with Crippen LogP contribution in [0.2, 0.25) is 0 Å². The molecule has 0 aliphatic carbocycles. The van der Waals surface area contributed by atoms with Gasteiger partial charge >= 0.3 is 0 Å². The first-order valence-electron chi connectivity index (χ1n) is 6.88. The minimum absolute atomic E-state index is 0.0814. The van der Waals surface area contributed by atoms with Crippen LogP contribution >= 0.6 is 0 Å². The van der Waals surface area contributed by atoms with E-state index in [1.54, 1.807) is 12.1 Å². The Bertz CT molecular complexity index is 714. The molecule has 0 aromatic heterocycles. The molecular weight excluding hydrogens is 283 g/mol. The van der Waals surface area contributed by atoms with E-state index < -0.39 is 11.7 Å². The number of rotatable bonds is 4. The summed E-state index contributed by atoms with van der Waals surface area (Å²) in [4.78, 5) is 23.7. The van der Waals surface area contributed by atoms with E-state index in [0.717, 1.165) is 11.1 Å². The summed E-state index contributed by atoms with van der Waals surface area (Å²) in [5, 5.41) is 5.13. The van der Waals surface area contributed by atoms with E-state index in [1.807, 2.05) is 26.0 Å². The Labute approximate surface area is 128 Å². The molecule has 0 spiro atoms. The Balaban J connectivity index is 1.95. The Morgan fingerprint density at radius 1 is 1.05 bits per heavy atom. The summed E-state index contributed by atoms with van der Waals surface area (Å²) in [5.74, 6) is -1.59. The number of aryl methyl sites for hydroxylation is 1. The van der Waals surface area contributed by atoms with Crippen LogP contribution in [0, 0.1) is 19.7 Å². The molecule has 0 fully saturated rings. The monoisotopic (exact) mass is 300 g/mol. The molecule has 0 aliphatic rings. The molecule has 2 amide bonds. The third-order valence-corrected chi connectivity index (χ3v) is 3.41. The Morgan fingerprint density at radius 3 is 2.50 bits per heavy atom. The second-order valence-electron chi connectivity index (χ2n) is 4.96. The van der Waals surface area contributed by atoms with Gasteiger partial charge in [0.25, 0.3) is 5.91 Å². The predicted molar refractivity (Wildman–Crippen MR) is 83.3 cm³/mol. The van der Waals surface area contributed by atoms with Crippen LogP contribution in [0.15, 0.2) is 42.5 Å². The maximum Gasteiger partial charge on any atom is 0.254 e. The van der Waals surface area contributed by atoms with Gasteiger partial charge in [-0.1, -0.05) is 24.3 Å². The summed E-state index contributed by atoms with van der Waals surface area (Å²) in [6, 6.07) is 11.2. The van der Waals surface area contributed by atoms with Crippen molar-refractivity contribution in [1.29, 1.82) is 0 Å². The molecule has 5 heteroatoms. The molecule has 0 unspecified atom stereocenters. The summed E-state index contributed by atoms with van der Waals surface area (Å²) >= 11 is 0. The molecule has 0 bridgehead atoms. The third kappa shape index (κ3) is 3.69. The highest BCUT2D eigenvalue weighted by Crippen LogP contribution is 2.17. The Kier molecular flexibility index (Phi) is 4.88. The molecule has 0 aliphatic heterocycles. The molecule has 2 aromatic rings. The normalized spacial score (nSPS) is 10.1. The minimum atomic E-state index is -0.616. The van der Waals surface area contributed by atoms with Gasteiger partial charge < -0.3 is 10.6 Å². The quantitative estimate of drug-likeness (QED) is 0.912. The van der Waals surface area contributed by atoms with E-state index in [9.17, 15) is 14.0 Å². The number of nitrogens with one attached hydrogen (secondary N) is 2. The van der Waals surface area contributed by atoms with E-state index >= 15 is 0 Å². The molecular formula is C17H17FN2O2. The zero-order chi connectivity index (χ0) is 16.1. The Morgan fingerprint density at radius 2 is 1.77 bits per heavy atom. The SMILES string of the molecule is Cc1cccc(NC(=O)CNC(=O)c2ccccc2F)c1C. The number of benzene rings is 2. The molecule has 0 saturated carbocycles. The van der Waals surface area contributed by atoms with Crippen LogP contribution in [0.1, 0.15) is 21.5 Å². The van der Waals surface area contributed by atoms with E-state index in [2.05, 4.69) is 10.6 Å². The zero-order valence-corrected chi connectivity index (χ0v) is 12.4. The maximum absolute atomic E-state index is 13.4. The molecule has 22 heavy (non-hydrogen) atoms. The highest BCUT2D eigenvalue weighted by molar-refractivity contribution is 5.99. The van der Waals surface area contributed by atoms with Gasteiger partial charge in [0.1, 0.15) is 5.82 Å². The van der Waals surface area contributed by atoms with Crippen molar-refractivity contribution in [2.45, 2.75) is 13.8 Å². The lowest BCUT2D eigenvalue weighted by molar-refractivity contribution is -0.115. The topological polar surface area (TPSA) is 58.2 Å². The van der Waals surface area contributed by atoms with Gasteiger partial charge in [-0.05, 0) is 43.2 Å². The number of hydrogen-bond donors (Lipinski definition) is 2. The van der Waals surface area contributed by atoms with Gasteiger partial charge in [0.15, 0.2) is 0 Å². The number of amides is 2. The van der Waals surface area contributed by atoms with E-state index in [0.29, 0.717) is 5.69 Å². The van der Waals surface area contributed by atoms with Crippen molar-refractivity contribution in [3.05, 3.63) is 65.0 Å². The van der Waals surface area contributed by atoms with Gasteiger partial charge in [-0.25, -0.2) is 4.39 Å². The minimum Gasteiger partial charge on any atom is -0.343 e. The number of anilines is 1.